The summed E-state index contributed by atoms with van der Waals surface area (Å²) in [5.41, 5.74) is -1.19. The lowest BCUT2D eigenvalue weighted by Crippen LogP contribution is -2.19. The number of nitrogens with zero attached hydrogens (tertiary/aromatic N) is 1. The number of carbonyl (C=O) groups excluding carboxylic acids is 1. The van der Waals surface area contributed by atoms with Crippen LogP contribution in [-0.4, -0.2) is 18.2 Å². The molecule has 0 unspecified atom stereocenters. The van der Waals surface area contributed by atoms with Crippen LogP contribution in [0.2, 0.25) is 0 Å². The molecule has 1 saturated heterocycles. The molecule has 4 nitrogen and oxygen atoms in total. The Bertz CT molecular complexity index is 639. The van der Waals surface area contributed by atoms with E-state index in [1.165, 1.54) is 19.2 Å². The molecule has 8 heteroatoms. The zero-order valence-corrected chi connectivity index (χ0v) is 11.9. The summed E-state index contributed by atoms with van der Waals surface area (Å²) in [7, 11) is 1.28. The fourth-order valence-electron chi connectivity index (χ4n) is 1.65. The maximum Gasteiger partial charge on any atom is 0.418 e. The van der Waals surface area contributed by atoms with Gasteiger partial charge in [0.1, 0.15) is 5.75 Å². The van der Waals surface area contributed by atoms with Crippen LogP contribution in [0.1, 0.15) is 12.5 Å². The van der Waals surface area contributed by atoms with Crippen LogP contribution in [0.4, 0.5) is 18.9 Å². The molecule has 0 spiro atoms. The number of hydrogen-bond acceptors (Lipinski definition) is 4. The molecule has 21 heavy (non-hydrogen) atoms. The second kappa shape index (κ2) is 5.80. The molecule has 0 radical (unpaired) electrons. The first kappa shape index (κ1) is 15.4. The van der Waals surface area contributed by atoms with Crippen molar-refractivity contribution in [2.45, 2.75) is 13.1 Å². The summed E-state index contributed by atoms with van der Waals surface area (Å²) < 4.78 is 43.9. The first-order chi connectivity index (χ1) is 9.85. The van der Waals surface area contributed by atoms with Gasteiger partial charge in [-0.05, 0) is 36.9 Å². The summed E-state index contributed by atoms with van der Waals surface area (Å²) in [5.74, 6) is -0.285. The summed E-state index contributed by atoms with van der Waals surface area (Å²) in [6, 6.07) is 3.46. The van der Waals surface area contributed by atoms with E-state index in [4.69, 9.17) is 4.74 Å². The number of benzene rings is 1. The van der Waals surface area contributed by atoms with Gasteiger partial charge in [-0.3, -0.25) is 4.79 Å². The number of rotatable bonds is 2. The summed E-state index contributed by atoms with van der Waals surface area (Å²) in [4.78, 5) is 15.7. The minimum absolute atomic E-state index is 0.0866. The van der Waals surface area contributed by atoms with Gasteiger partial charge in [-0.25, -0.2) is 4.99 Å². The molecule has 0 atom stereocenters. The van der Waals surface area contributed by atoms with Gasteiger partial charge in [0, 0.05) is 0 Å². The number of halogens is 3. The Hall–Kier alpha value is -1.96. The van der Waals surface area contributed by atoms with E-state index in [1.807, 2.05) is 0 Å². The first-order valence-corrected chi connectivity index (χ1v) is 6.66. The molecule has 0 saturated carbocycles. The Morgan fingerprint density at radius 2 is 2.10 bits per heavy atom. The van der Waals surface area contributed by atoms with E-state index in [1.54, 1.807) is 13.0 Å². The van der Waals surface area contributed by atoms with Gasteiger partial charge >= 0.3 is 6.18 Å². The number of ether oxygens (including phenoxy) is 1. The van der Waals surface area contributed by atoms with Gasteiger partial charge < -0.3 is 10.1 Å². The van der Waals surface area contributed by atoms with Gasteiger partial charge in [-0.15, -0.1) is 0 Å². The van der Waals surface area contributed by atoms with Gasteiger partial charge in [-0.1, -0.05) is 6.08 Å². The van der Waals surface area contributed by atoms with E-state index in [9.17, 15) is 18.0 Å². The normalized spacial score (nSPS) is 19.2. The minimum atomic E-state index is -4.56. The van der Waals surface area contributed by atoms with Crippen LogP contribution in [0.3, 0.4) is 0 Å². The number of carbonyl (C=O) groups is 1. The van der Waals surface area contributed by atoms with Crippen molar-refractivity contribution in [3.63, 3.8) is 0 Å². The van der Waals surface area contributed by atoms with Crippen LogP contribution in [0.15, 0.2) is 34.2 Å². The lowest BCUT2D eigenvalue weighted by Gasteiger charge is -2.11. The van der Waals surface area contributed by atoms with Crippen molar-refractivity contribution < 1.29 is 22.7 Å². The number of nitrogens with one attached hydrogen (secondary N) is 1. The van der Waals surface area contributed by atoms with Crippen LogP contribution in [0.25, 0.3) is 0 Å². The Morgan fingerprint density at radius 1 is 1.38 bits per heavy atom. The van der Waals surface area contributed by atoms with Crippen molar-refractivity contribution in [1.82, 2.24) is 5.32 Å². The molecule has 2 rings (SSSR count). The largest absolute Gasteiger partial charge is 0.497 e. The van der Waals surface area contributed by atoms with E-state index in [2.05, 4.69) is 10.3 Å². The smallest absolute Gasteiger partial charge is 0.418 e. The Balaban J connectivity index is 2.43. The third-order valence-electron chi connectivity index (χ3n) is 2.64. The second-order valence-electron chi connectivity index (χ2n) is 4.01. The summed E-state index contributed by atoms with van der Waals surface area (Å²) in [5, 5.41) is 2.53. The zero-order valence-electron chi connectivity index (χ0n) is 11.1. The molecule has 1 amide bonds. The van der Waals surface area contributed by atoms with Crippen molar-refractivity contribution in [2.75, 3.05) is 7.11 Å². The molecule has 1 aliphatic rings. The maximum atomic E-state index is 13.0. The van der Waals surface area contributed by atoms with Gasteiger partial charge in [0.15, 0.2) is 5.17 Å². The molecular formula is C13H11F3N2O2S. The van der Waals surface area contributed by atoms with Crippen molar-refractivity contribution in [3.8, 4) is 5.75 Å². The number of allylic oxidation sites excluding steroid dienone is 1. The van der Waals surface area contributed by atoms with E-state index < -0.39 is 11.7 Å². The first-order valence-electron chi connectivity index (χ1n) is 5.84. The van der Waals surface area contributed by atoms with Crippen LogP contribution in [0, 0.1) is 0 Å². The highest BCUT2D eigenvalue weighted by Crippen LogP contribution is 2.39. The number of thioether (sulfide) groups is 1. The fourth-order valence-corrected chi connectivity index (χ4v) is 2.41. The molecule has 1 aromatic carbocycles. The van der Waals surface area contributed by atoms with Crippen LogP contribution < -0.4 is 10.1 Å². The topological polar surface area (TPSA) is 50.7 Å². The fraction of sp³-hybridized carbons (Fsp3) is 0.231. The highest BCUT2D eigenvalue weighted by atomic mass is 32.2. The Kier molecular flexibility index (Phi) is 4.26. The number of aliphatic imine (C=N–C) groups is 1. The molecule has 0 aromatic heterocycles. The molecular weight excluding hydrogens is 305 g/mol. The molecule has 1 aromatic rings. The zero-order chi connectivity index (χ0) is 15.6. The van der Waals surface area contributed by atoms with E-state index in [0.717, 1.165) is 17.8 Å². The van der Waals surface area contributed by atoms with Crippen LogP contribution >= 0.6 is 11.8 Å². The van der Waals surface area contributed by atoms with Crippen molar-refractivity contribution in [1.29, 1.82) is 0 Å². The van der Waals surface area contributed by atoms with Crippen molar-refractivity contribution in [3.05, 3.63) is 34.7 Å². The Labute approximate surface area is 123 Å². The Morgan fingerprint density at radius 3 is 2.62 bits per heavy atom. The van der Waals surface area contributed by atoms with Crippen molar-refractivity contribution in [2.24, 2.45) is 4.99 Å². The van der Waals surface area contributed by atoms with Gasteiger partial charge in [-0.2, -0.15) is 13.2 Å². The SMILES string of the molecule is C/C=C1\SC(=Nc2ccc(OC)cc2C(F)(F)F)NC1=O. The lowest BCUT2D eigenvalue weighted by atomic mass is 10.1. The molecule has 1 N–H and O–H groups in total. The number of amidine groups is 1. The quantitative estimate of drug-likeness (QED) is 0.850. The molecule has 1 fully saturated rings. The van der Waals surface area contributed by atoms with Gasteiger partial charge in [0.25, 0.3) is 5.91 Å². The molecule has 112 valence electrons. The predicted octanol–water partition coefficient (Wildman–Crippen LogP) is 3.47. The van der Waals surface area contributed by atoms with E-state index in [0.29, 0.717) is 4.91 Å². The van der Waals surface area contributed by atoms with Crippen molar-refractivity contribution >= 4 is 28.5 Å². The third kappa shape index (κ3) is 3.38. The lowest BCUT2D eigenvalue weighted by molar-refractivity contribution is -0.137. The standard InChI is InChI=1S/C13H11F3N2O2S/c1-3-10-11(19)18-12(21-10)17-9-5-4-7(20-2)6-8(9)13(14,15)16/h3-6H,1-2H3,(H,17,18,19)/b10-3-. The molecule has 0 bridgehead atoms. The van der Waals surface area contributed by atoms with Gasteiger partial charge in [0.05, 0.1) is 23.3 Å². The monoisotopic (exact) mass is 316 g/mol. The predicted molar refractivity (Wildman–Crippen MR) is 74.6 cm³/mol. The molecule has 1 heterocycles. The average Bonchev–Trinajstić information content (AvgIpc) is 2.78. The number of alkyl halides is 3. The average molecular weight is 316 g/mol. The highest BCUT2D eigenvalue weighted by molar-refractivity contribution is 8.18. The van der Waals surface area contributed by atoms with Crippen LogP contribution in [-0.2, 0) is 11.0 Å². The van der Waals surface area contributed by atoms with Crippen LogP contribution in [0.5, 0.6) is 5.75 Å². The van der Waals surface area contributed by atoms with Gasteiger partial charge in [0.2, 0.25) is 0 Å². The number of methoxy groups -OCH3 is 1. The van der Waals surface area contributed by atoms with E-state index in [-0.39, 0.29) is 22.5 Å². The third-order valence-corrected chi connectivity index (χ3v) is 3.67. The maximum absolute atomic E-state index is 13.0. The summed E-state index contributed by atoms with van der Waals surface area (Å²) in [6.45, 7) is 1.67. The summed E-state index contributed by atoms with van der Waals surface area (Å²) >= 11 is 0.995. The second-order valence-corrected chi connectivity index (χ2v) is 5.04. The molecule has 1 aliphatic heterocycles. The number of hydrogen-bond donors (Lipinski definition) is 1. The summed E-state index contributed by atoms with van der Waals surface area (Å²) in [6.07, 6.45) is -2.99. The number of amides is 1. The molecule has 0 aliphatic carbocycles. The highest BCUT2D eigenvalue weighted by Gasteiger charge is 2.34. The minimum Gasteiger partial charge on any atom is -0.497 e. The van der Waals surface area contributed by atoms with E-state index >= 15 is 0 Å².